The van der Waals surface area contributed by atoms with E-state index >= 15 is 0 Å². The maximum absolute atomic E-state index is 5.68. The van der Waals surface area contributed by atoms with E-state index in [0.717, 1.165) is 18.9 Å². The Bertz CT molecular complexity index is 123. The molecule has 1 saturated heterocycles. The van der Waals surface area contributed by atoms with Crippen molar-refractivity contribution in [3.05, 3.63) is 0 Å². The Labute approximate surface area is 107 Å². The maximum atomic E-state index is 5.68. The van der Waals surface area contributed by atoms with Gasteiger partial charge in [0.05, 0.1) is 12.2 Å². The molecule has 0 aromatic carbocycles. The molecular weight excluding hydrogens is 227 g/mol. The van der Waals surface area contributed by atoms with Gasteiger partial charge < -0.3 is 9.47 Å². The van der Waals surface area contributed by atoms with Crippen LogP contribution in [0.1, 0.15) is 47.0 Å². The smallest absolute Gasteiger partial charge is 0.0600 e. The Kier molecular flexibility index (Phi) is 13.1. The van der Waals surface area contributed by atoms with Gasteiger partial charge >= 0.3 is 0 Å². The monoisotopic (exact) mass is 253 g/mol. The summed E-state index contributed by atoms with van der Waals surface area (Å²) in [6.45, 7) is 9.28. The SMILES string of the molecule is CC.CO[C@H](C)C[C@@H]1CC[C@@H](C)CO1.[V]. The zero-order valence-electron chi connectivity index (χ0n) is 10.8. The van der Waals surface area contributed by atoms with Crippen LogP contribution in [0.2, 0.25) is 0 Å². The van der Waals surface area contributed by atoms with E-state index in [1.165, 1.54) is 12.8 Å². The van der Waals surface area contributed by atoms with E-state index in [1.807, 2.05) is 13.8 Å². The van der Waals surface area contributed by atoms with Crippen LogP contribution >= 0.6 is 0 Å². The molecule has 1 aliphatic heterocycles. The third kappa shape index (κ3) is 8.33. The van der Waals surface area contributed by atoms with Crippen molar-refractivity contribution in [2.24, 2.45) is 5.92 Å². The summed E-state index contributed by atoms with van der Waals surface area (Å²) in [5.41, 5.74) is 0. The van der Waals surface area contributed by atoms with Crippen molar-refractivity contribution in [3.63, 3.8) is 0 Å². The molecule has 0 unspecified atom stereocenters. The predicted molar refractivity (Wildman–Crippen MR) is 60.6 cm³/mol. The second-order valence-electron chi connectivity index (χ2n) is 3.92. The Balaban J connectivity index is 0. The molecule has 15 heavy (non-hydrogen) atoms. The van der Waals surface area contributed by atoms with Gasteiger partial charge in [-0.15, -0.1) is 0 Å². The van der Waals surface area contributed by atoms with Crippen molar-refractivity contribution in [2.45, 2.75) is 59.2 Å². The molecule has 2 nitrogen and oxygen atoms in total. The van der Waals surface area contributed by atoms with E-state index in [9.17, 15) is 0 Å². The van der Waals surface area contributed by atoms with E-state index in [1.54, 1.807) is 7.11 Å². The van der Waals surface area contributed by atoms with Gasteiger partial charge in [-0.05, 0) is 32.1 Å². The molecule has 0 saturated carbocycles. The fourth-order valence-electron chi connectivity index (χ4n) is 1.59. The summed E-state index contributed by atoms with van der Waals surface area (Å²) in [5.74, 6) is 0.749. The fraction of sp³-hybridized carbons (Fsp3) is 1.00. The minimum atomic E-state index is 0. The molecule has 3 heteroatoms. The van der Waals surface area contributed by atoms with Gasteiger partial charge in [0.15, 0.2) is 0 Å². The molecule has 0 spiro atoms. The van der Waals surface area contributed by atoms with Gasteiger partial charge in [-0.2, -0.15) is 0 Å². The Morgan fingerprint density at radius 2 is 1.93 bits per heavy atom. The van der Waals surface area contributed by atoms with Crippen LogP contribution in [0, 0.1) is 5.92 Å². The summed E-state index contributed by atoms with van der Waals surface area (Å²) >= 11 is 0. The minimum Gasteiger partial charge on any atom is -0.382 e. The predicted octanol–water partition coefficient (Wildman–Crippen LogP) is 3.25. The first-order valence-electron chi connectivity index (χ1n) is 5.86. The van der Waals surface area contributed by atoms with Crippen LogP contribution in [0.15, 0.2) is 0 Å². The molecule has 1 fully saturated rings. The average molecular weight is 253 g/mol. The Hall–Kier alpha value is 0.504. The third-order valence-corrected chi connectivity index (χ3v) is 2.60. The normalized spacial score (nSPS) is 27.0. The van der Waals surface area contributed by atoms with Crippen LogP contribution in [0.5, 0.6) is 0 Å². The molecule has 1 radical (unpaired) electrons. The zero-order valence-corrected chi connectivity index (χ0v) is 12.2. The van der Waals surface area contributed by atoms with Gasteiger partial charge in [0.1, 0.15) is 0 Å². The fourth-order valence-corrected chi connectivity index (χ4v) is 1.59. The molecule has 91 valence electrons. The zero-order chi connectivity index (χ0) is 11.0. The van der Waals surface area contributed by atoms with Gasteiger partial charge in [-0.25, -0.2) is 0 Å². The van der Waals surface area contributed by atoms with E-state index in [0.29, 0.717) is 12.2 Å². The Morgan fingerprint density at radius 3 is 2.33 bits per heavy atom. The number of hydrogen-bond donors (Lipinski definition) is 0. The molecule has 0 aromatic heterocycles. The first-order chi connectivity index (χ1) is 6.72. The van der Waals surface area contributed by atoms with Crippen LogP contribution in [0.3, 0.4) is 0 Å². The summed E-state index contributed by atoms with van der Waals surface area (Å²) in [4.78, 5) is 0. The first kappa shape index (κ1) is 17.9. The Morgan fingerprint density at radius 1 is 1.33 bits per heavy atom. The van der Waals surface area contributed by atoms with Crippen molar-refractivity contribution in [2.75, 3.05) is 13.7 Å². The molecule has 1 rings (SSSR count). The molecule has 0 aromatic rings. The number of ether oxygens (including phenoxy) is 2. The molecule has 0 N–H and O–H groups in total. The van der Waals surface area contributed by atoms with E-state index in [-0.39, 0.29) is 18.6 Å². The van der Waals surface area contributed by atoms with E-state index in [2.05, 4.69) is 13.8 Å². The van der Waals surface area contributed by atoms with E-state index < -0.39 is 0 Å². The molecular formula is C12H26O2V. The number of hydrogen-bond acceptors (Lipinski definition) is 2. The number of methoxy groups -OCH3 is 1. The maximum Gasteiger partial charge on any atom is 0.0600 e. The third-order valence-electron chi connectivity index (χ3n) is 2.60. The van der Waals surface area contributed by atoms with Crippen molar-refractivity contribution < 1.29 is 28.0 Å². The first-order valence-corrected chi connectivity index (χ1v) is 5.86. The van der Waals surface area contributed by atoms with Crippen LogP contribution in [0.25, 0.3) is 0 Å². The van der Waals surface area contributed by atoms with Crippen LogP contribution in [-0.4, -0.2) is 25.9 Å². The summed E-state index contributed by atoms with van der Waals surface area (Å²) in [5, 5.41) is 0. The molecule has 3 atom stereocenters. The quantitative estimate of drug-likeness (QED) is 0.768. The molecule has 0 aliphatic carbocycles. The summed E-state index contributed by atoms with van der Waals surface area (Å²) < 4.78 is 10.9. The van der Waals surface area contributed by atoms with Crippen molar-refractivity contribution in [1.29, 1.82) is 0 Å². The number of rotatable bonds is 3. The van der Waals surface area contributed by atoms with Crippen LogP contribution < -0.4 is 0 Å². The summed E-state index contributed by atoms with van der Waals surface area (Å²) in [7, 11) is 1.76. The van der Waals surface area contributed by atoms with Crippen LogP contribution in [-0.2, 0) is 28.0 Å². The second-order valence-corrected chi connectivity index (χ2v) is 3.92. The van der Waals surface area contributed by atoms with Crippen molar-refractivity contribution in [3.8, 4) is 0 Å². The second kappa shape index (κ2) is 11.0. The average Bonchev–Trinajstić information content (AvgIpc) is 2.24. The van der Waals surface area contributed by atoms with Crippen molar-refractivity contribution >= 4 is 0 Å². The standard InChI is InChI=1S/C10H20O2.C2H6.V/c1-8-4-5-10(12-7-8)6-9(2)11-3;1-2;/h8-10H,4-7H2,1-3H3;1-2H3;/t8-,9-,10+;;/m1../s1. The summed E-state index contributed by atoms with van der Waals surface area (Å²) in [6, 6.07) is 0. The van der Waals surface area contributed by atoms with Crippen LogP contribution in [0.4, 0.5) is 0 Å². The van der Waals surface area contributed by atoms with E-state index in [4.69, 9.17) is 9.47 Å². The topological polar surface area (TPSA) is 18.5 Å². The van der Waals surface area contributed by atoms with Gasteiger partial charge in [-0.3, -0.25) is 0 Å². The van der Waals surface area contributed by atoms with Gasteiger partial charge in [0, 0.05) is 32.3 Å². The largest absolute Gasteiger partial charge is 0.382 e. The molecule has 1 aliphatic rings. The van der Waals surface area contributed by atoms with Crippen molar-refractivity contribution in [1.82, 2.24) is 0 Å². The molecule has 1 heterocycles. The van der Waals surface area contributed by atoms with Gasteiger partial charge in [0.2, 0.25) is 0 Å². The summed E-state index contributed by atoms with van der Waals surface area (Å²) in [6.07, 6.45) is 4.33. The van der Waals surface area contributed by atoms with Gasteiger partial charge in [0.25, 0.3) is 0 Å². The molecule has 0 bridgehead atoms. The minimum absolute atomic E-state index is 0. The van der Waals surface area contributed by atoms with Gasteiger partial charge in [-0.1, -0.05) is 20.8 Å². The molecule has 0 amide bonds.